The zero-order valence-corrected chi connectivity index (χ0v) is 16.5. The first kappa shape index (κ1) is 19.9. The van der Waals surface area contributed by atoms with Crippen LogP contribution in [0.25, 0.3) is 22.2 Å². The number of benzene rings is 3. The van der Waals surface area contributed by atoms with E-state index in [1.807, 2.05) is 36.4 Å². The fourth-order valence-electron chi connectivity index (χ4n) is 3.02. The summed E-state index contributed by atoms with van der Waals surface area (Å²) in [6.07, 6.45) is -1.02. The van der Waals surface area contributed by atoms with Crippen molar-refractivity contribution in [3.05, 3.63) is 83.9 Å². The number of nitriles is 1. The summed E-state index contributed by atoms with van der Waals surface area (Å²) in [5, 5.41) is 16.2. The third-order valence-corrected chi connectivity index (χ3v) is 4.68. The second-order valence-electron chi connectivity index (χ2n) is 6.84. The quantitative estimate of drug-likeness (QED) is 0.483. The van der Waals surface area contributed by atoms with E-state index in [9.17, 15) is 9.59 Å². The molecule has 7 nitrogen and oxygen atoms in total. The van der Waals surface area contributed by atoms with Crippen molar-refractivity contribution in [3.8, 4) is 17.4 Å². The van der Waals surface area contributed by atoms with Gasteiger partial charge >= 0.3 is 5.97 Å². The number of hydrogen-bond acceptors (Lipinski definition) is 6. The first-order valence-corrected chi connectivity index (χ1v) is 9.52. The minimum atomic E-state index is -1.02. The van der Waals surface area contributed by atoms with Gasteiger partial charge in [-0.25, -0.2) is 4.79 Å². The van der Waals surface area contributed by atoms with Crippen LogP contribution >= 0.6 is 0 Å². The molecule has 1 atom stereocenters. The van der Waals surface area contributed by atoms with Gasteiger partial charge in [0.05, 0.1) is 22.6 Å². The van der Waals surface area contributed by atoms with Crippen LogP contribution in [0.15, 0.2) is 77.3 Å². The molecular weight excluding hydrogens is 394 g/mol. The molecule has 152 valence electrons. The molecule has 0 aliphatic carbocycles. The number of nitrogens with one attached hydrogen (secondary N) is 1. The Morgan fingerprint density at radius 1 is 1.06 bits per heavy atom. The zero-order valence-electron chi connectivity index (χ0n) is 16.5. The molecule has 0 fully saturated rings. The monoisotopic (exact) mass is 411 g/mol. The van der Waals surface area contributed by atoms with Crippen LogP contribution in [0.5, 0.6) is 0 Å². The van der Waals surface area contributed by atoms with E-state index in [1.54, 1.807) is 42.5 Å². The van der Waals surface area contributed by atoms with E-state index in [-0.39, 0.29) is 5.56 Å². The number of fused-ring (bicyclic) bond motifs is 1. The van der Waals surface area contributed by atoms with Gasteiger partial charge in [-0.05, 0) is 49.4 Å². The second kappa shape index (κ2) is 8.51. The highest BCUT2D eigenvalue weighted by Crippen LogP contribution is 2.29. The Hall–Kier alpha value is -4.44. The van der Waals surface area contributed by atoms with Gasteiger partial charge in [-0.3, -0.25) is 4.79 Å². The van der Waals surface area contributed by atoms with E-state index in [2.05, 4.69) is 10.5 Å². The van der Waals surface area contributed by atoms with Crippen molar-refractivity contribution in [2.45, 2.75) is 13.0 Å². The van der Waals surface area contributed by atoms with Gasteiger partial charge in [0.1, 0.15) is 5.52 Å². The Morgan fingerprint density at radius 2 is 1.81 bits per heavy atom. The van der Waals surface area contributed by atoms with Crippen molar-refractivity contribution in [2.24, 2.45) is 0 Å². The van der Waals surface area contributed by atoms with Crippen LogP contribution in [0.2, 0.25) is 0 Å². The van der Waals surface area contributed by atoms with Crippen LogP contribution in [-0.4, -0.2) is 23.1 Å². The molecule has 4 rings (SSSR count). The van der Waals surface area contributed by atoms with Crippen molar-refractivity contribution < 1.29 is 18.8 Å². The van der Waals surface area contributed by atoms with E-state index in [1.165, 1.54) is 6.92 Å². The van der Waals surface area contributed by atoms with Crippen LogP contribution in [-0.2, 0) is 9.53 Å². The maximum Gasteiger partial charge on any atom is 0.338 e. The number of ether oxygens (including phenoxy) is 1. The Labute approximate surface area is 177 Å². The molecule has 0 aliphatic rings. The number of carbonyl (C=O) groups excluding carboxylic acids is 2. The fraction of sp³-hybridized carbons (Fsp3) is 0.0833. The predicted octanol–water partition coefficient (Wildman–Crippen LogP) is 4.55. The number of carbonyl (C=O) groups is 2. The molecule has 7 heteroatoms. The Bertz CT molecular complexity index is 1290. The number of amides is 1. The average Bonchev–Trinajstić information content (AvgIpc) is 3.23. The van der Waals surface area contributed by atoms with Gasteiger partial charge in [0.15, 0.2) is 11.9 Å². The third kappa shape index (κ3) is 4.28. The Balaban J connectivity index is 1.48. The molecule has 1 N–H and O–H groups in total. The van der Waals surface area contributed by atoms with Crippen LogP contribution in [0.4, 0.5) is 5.69 Å². The fourth-order valence-corrected chi connectivity index (χ4v) is 3.02. The summed E-state index contributed by atoms with van der Waals surface area (Å²) >= 11 is 0. The molecule has 0 bridgehead atoms. The molecule has 0 saturated heterocycles. The number of hydrogen-bond donors (Lipinski definition) is 1. The average molecular weight is 411 g/mol. The topological polar surface area (TPSA) is 105 Å². The first-order valence-electron chi connectivity index (χ1n) is 9.52. The van der Waals surface area contributed by atoms with Gasteiger partial charge < -0.3 is 14.6 Å². The van der Waals surface area contributed by atoms with Gasteiger partial charge in [0.2, 0.25) is 0 Å². The van der Waals surface area contributed by atoms with E-state index >= 15 is 0 Å². The summed E-state index contributed by atoms with van der Waals surface area (Å²) < 4.78 is 10.8. The van der Waals surface area contributed by atoms with Gasteiger partial charge in [-0.15, -0.1) is 0 Å². The summed E-state index contributed by atoms with van der Waals surface area (Å²) in [4.78, 5) is 25.0. The van der Waals surface area contributed by atoms with Gasteiger partial charge in [0, 0.05) is 11.3 Å². The molecule has 3 aromatic carbocycles. The lowest BCUT2D eigenvalue weighted by molar-refractivity contribution is -0.123. The van der Waals surface area contributed by atoms with Crippen molar-refractivity contribution in [2.75, 3.05) is 5.32 Å². The second-order valence-corrected chi connectivity index (χ2v) is 6.84. The SMILES string of the molecule is C[C@@H](OC(=O)c1ccc2noc(-c3ccccc3)c2c1)C(=O)Nc1ccc(C#N)cc1. The van der Waals surface area contributed by atoms with Gasteiger partial charge in [-0.1, -0.05) is 35.5 Å². The summed E-state index contributed by atoms with van der Waals surface area (Å²) in [6, 6.07) is 22.7. The van der Waals surface area contributed by atoms with E-state index < -0.39 is 18.0 Å². The lowest BCUT2D eigenvalue weighted by Gasteiger charge is -2.13. The van der Waals surface area contributed by atoms with E-state index in [0.29, 0.717) is 27.9 Å². The molecule has 0 spiro atoms. The molecule has 1 amide bonds. The summed E-state index contributed by atoms with van der Waals surface area (Å²) in [5.41, 5.74) is 2.72. The molecule has 0 aliphatic heterocycles. The maximum absolute atomic E-state index is 12.6. The van der Waals surface area contributed by atoms with Crippen molar-refractivity contribution in [1.82, 2.24) is 5.16 Å². The number of nitrogens with zero attached hydrogens (tertiary/aromatic N) is 2. The van der Waals surface area contributed by atoms with Crippen LogP contribution in [0.1, 0.15) is 22.8 Å². The molecular formula is C24H17N3O4. The molecule has 0 saturated carbocycles. The van der Waals surface area contributed by atoms with E-state index in [0.717, 1.165) is 5.56 Å². The molecule has 4 aromatic rings. The lowest BCUT2D eigenvalue weighted by Crippen LogP contribution is -2.30. The lowest BCUT2D eigenvalue weighted by atomic mass is 10.1. The number of rotatable bonds is 5. The normalized spacial score (nSPS) is 11.5. The summed E-state index contributed by atoms with van der Waals surface area (Å²) in [5.74, 6) is -0.560. The van der Waals surface area contributed by atoms with Gasteiger partial charge in [0.25, 0.3) is 5.91 Å². The molecule has 31 heavy (non-hydrogen) atoms. The highest BCUT2D eigenvalue weighted by Gasteiger charge is 2.20. The van der Waals surface area contributed by atoms with Crippen molar-refractivity contribution in [3.63, 3.8) is 0 Å². The minimum absolute atomic E-state index is 0.283. The van der Waals surface area contributed by atoms with Gasteiger partial charge in [-0.2, -0.15) is 5.26 Å². The first-order chi connectivity index (χ1) is 15.0. The van der Waals surface area contributed by atoms with E-state index in [4.69, 9.17) is 14.5 Å². The summed E-state index contributed by atoms with van der Waals surface area (Å²) in [7, 11) is 0. The smallest absolute Gasteiger partial charge is 0.338 e. The summed E-state index contributed by atoms with van der Waals surface area (Å²) in [6.45, 7) is 1.49. The maximum atomic E-state index is 12.6. The number of esters is 1. The number of aromatic nitrogens is 1. The standard InChI is InChI=1S/C24H17N3O4/c1-15(23(28)26-19-10-7-16(14-25)8-11-19)30-24(29)18-9-12-21-20(13-18)22(31-27-21)17-5-3-2-4-6-17/h2-13,15H,1H3,(H,26,28)/t15-/m1/s1. The minimum Gasteiger partial charge on any atom is -0.449 e. The van der Waals surface area contributed by atoms with Crippen LogP contribution in [0, 0.1) is 11.3 Å². The molecule has 1 heterocycles. The number of anilines is 1. The molecule has 0 radical (unpaired) electrons. The Kier molecular flexibility index (Phi) is 5.45. The van der Waals surface area contributed by atoms with Crippen molar-refractivity contribution >= 4 is 28.5 Å². The molecule has 1 aromatic heterocycles. The predicted molar refractivity (Wildman–Crippen MR) is 114 cm³/mol. The highest BCUT2D eigenvalue weighted by molar-refractivity contribution is 6.00. The molecule has 0 unspecified atom stereocenters. The zero-order chi connectivity index (χ0) is 21.8. The largest absolute Gasteiger partial charge is 0.449 e. The van der Waals surface area contributed by atoms with Crippen molar-refractivity contribution in [1.29, 1.82) is 5.26 Å². The Morgan fingerprint density at radius 3 is 2.52 bits per heavy atom. The van der Waals surface area contributed by atoms with Crippen LogP contribution < -0.4 is 5.32 Å². The highest BCUT2D eigenvalue weighted by atomic mass is 16.5. The third-order valence-electron chi connectivity index (χ3n) is 4.68. The van der Waals surface area contributed by atoms with Crippen LogP contribution in [0.3, 0.4) is 0 Å².